The highest BCUT2D eigenvalue weighted by Crippen LogP contribution is 2.29. The van der Waals surface area contributed by atoms with Gasteiger partial charge in [0.2, 0.25) is 5.95 Å². The first-order chi connectivity index (χ1) is 9.19. The number of aryl methyl sites for hydroxylation is 1. The molecule has 0 saturated carbocycles. The van der Waals surface area contributed by atoms with Crippen LogP contribution in [0.1, 0.15) is 29.4 Å². The second-order valence-corrected chi connectivity index (χ2v) is 4.69. The minimum absolute atomic E-state index is 0.0425. The van der Waals surface area contributed by atoms with E-state index >= 15 is 0 Å². The molecule has 6 heteroatoms. The summed E-state index contributed by atoms with van der Waals surface area (Å²) in [6.07, 6.45) is 0.809. The van der Waals surface area contributed by atoms with Gasteiger partial charge in [0.05, 0.1) is 6.04 Å². The molecule has 19 heavy (non-hydrogen) atoms. The molecule has 1 atom stereocenters. The Balaban J connectivity index is 2.02. The molecule has 2 N–H and O–H groups in total. The first-order valence-electron chi connectivity index (χ1n) is 6.25. The smallest absolute Gasteiger partial charge is 0.222 e. The highest BCUT2D eigenvalue weighted by atomic mass is 19.1. The zero-order chi connectivity index (χ0) is 13.4. The van der Waals surface area contributed by atoms with Crippen molar-refractivity contribution in [1.29, 1.82) is 0 Å². The third kappa shape index (κ3) is 2.08. The van der Waals surface area contributed by atoms with E-state index in [1.165, 1.54) is 0 Å². The molecule has 1 aromatic heterocycles. The van der Waals surface area contributed by atoms with E-state index in [0.29, 0.717) is 17.3 Å². The Hall–Kier alpha value is -1.95. The van der Waals surface area contributed by atoms with Gasteiger partial charge in [-0.1, -0.05) is 12.1 Å². The maximum atomic E-state index is 13.7. The van der Waals surface area contributed by atoms with Gasteiger partial charge < -0.3 is 10.4 Å². The van der Waals surface area contributed by atoms with Crippen LogP contribution in [0, 0.1) is 12.7 Å². The van der Waals surface area contributed by atoms with Gasteiger partial charge in [0, 0.05) is 6.54 Å². The molecule has 1 aromatic carbocycles. The average Bonchev–Trinajstić information content (AvgIpc) is 2.85. The van der Waals surface area contributed by atoms with Gasteiger partial charge in [0.1, 0.15) is 12.4 Å². The van der Waals surface area contributed by atoms with Crippen LogP contribution >= 0.6 is 0 Å². The maximum absolute atomic E-state index is 13.7. The number of benzene rings is 1. The average molecular weight is 262 g/mol. The molecule has 0 aliphatic carbocycles. The summed E-state index contributed by atoms with van der Waals surface area (Å²) in [4.78, 5) is 4.18. The number of hydrogen-bond acceptors (Lipinski definition) is 4. The van der Waals surface area contributed by atoms with E-state index < -0.39 is 0 Å². The van der Waals surface area contributed by atoms with E-state index in [0.717, 1.165) is 18.5 Å². The van der Waals surface area contributed by atoms with Crippen molar-refractivity contribution >= 4 is 5.95 Å². The number of nitrogens with one attached hydrogen (secondary N) is 1. The number of rotatable bonds is 2. The van der Waals surface area contributed by atoms with Crippen molar-refractivity contribution in [3.63, 3.8) is 0 Å². The summed E-state index contributed by atoms with van der Waals surface area (Å²) in [6.45, 7) is 2.30. The number of anilines is 1. The zero-order valence-corrected chi connectivity index (χ0v) is 10.6. The maximum Gasteiger partial charge on any atom is 0.222 e. The van der Waals surface area contributed by atoms with Gasteiger partial charge >= 0.3 is 0 Å². The molecule has 0 spiro atoms. The lowest BCUT2D eigenvalue weighted by molar-refractivity contribution is 0.270. The fourth-order valence-electron chi connectivity index (χ4n) is 2.34. The van der Waals surface area contributed by atoms with Crippen LogP contribution in [0.25, 0.3) is 0 Å². The minimum Gasteiger partial charge on any atom is -0.388 e. The topological polar surface area (TPSA) is 63.0 Å². The first-order valence-corrected chi connectivity index (χ1v) is 6.25. The number of hydrogen-bond donors (Lipinski definition) is 2. The van der Waals surface area contributed by atoms with Gasteiger partial charge in [0.15, 0.2) is 5.82 Å². The predicted molar refractivity (Wildman–Crippen MR) is 68.3 cm³/mol. The van der Waals surface area contributed by atoms with E-state index in [1.807, 2.05) is 6.07 Å². The number of aliphatic hydroxyl groups excluding tert-OH is 1. The Kier molecular flexibility index (Phi) is 2.94. The number of nitrogens with zero attached hydrogens (tertiary/aromatic N) is 3. The second kappa shape index (κ2) is 4.62. The Morgan fingerprint density at radius 3 is 3.11 bits per heavy atom. The monoisotopic (exact) mass is 262 g/mol. The molecule has 1 unspecified atom stereocenters. The molecule has 5 nitrogen and oxygen atoms in total. The molecule has 1 aliphatic heterocycles. The fraction of sp³-hybridized carbons (Fsp3) is 0.385. The van der Waals surface area contributed by atoms with Crippen molar-refractivity contribution in [2.75, 3.05) is 11.9 Å². The van der Waals surface area contributed by atoms with Crippen LogP contribution in [-0.4, -0.2) is 26.4 Å². The highest BCUT2D eigenvalue weighted by Gasteiger charge is 2.24. The SMILES string of the molecule is Cc1ccc(C2CCNc3nc(CO)nn32)cc1F. The molecule has 100 valence electrons. The largest absolute Gasteiger partial charge is 0.388 e. The van der Waals surface area contributed by atoms with Gasteiger partial charge in [-0.3, -0.25) is 0 Å². The molecule has 0 amide bonds. The molecule has 2 aromatic rings. The Morgan fingerprint density at radius 1 is 1.53 bits per heavy atom. The molecule has 0 radical (unpaired) electrons. The summed E-state index contributed by atoms with van der Waals surface area (Å²) < 4.78 is 15.4. The molecular weight excluding hydrogens is 247 g/mol. The van der Waals surface area contributed by atoms with E-state index in [1.54, 1.807) is 23.7 Å². The van der Waals surface area contributed by atoms with Crippen molar-refractivity contribution in [3.8, 4) is 0 Å². The third-order valence-electron chi connectivity index (χ3n) is 3.39. The van der Waals surface area contributed by atoms with Crippen LogP contribution in [0.15, 0.2) is 18.2 Å². The molecule has 0 bridgehead atoms. The lowest BCUT2D eigenvalue weighted by Crippen LogP contribution is -2.24. The van der Waals surface area contributed by atoms with Crippen LogP contribution in [0.4, 0.5) is 10.3 Å². The van der Waals surface area contributed by atoms with Gasteiger partial charge in [-0.05, 0) is 30.5 Å². The number of aliphatic hydroxyl groups is 1. The summed E-state index contributed by atoms with van der Waals surface area (Å²) >= 11 is 0. The number of fused-ring (bicyclic) bond motifs is 1. The van der Waals surface area contributed by atoms with Crippen molar-refractivity contribution in [2.45, 2.75) is 26.0 Å². The molecule has 3 rings (SSSR count). The Labute approximate surface area is 110 Å². The third-order valence-corrected chi connectivity index (χ3v) is 3.39. The van der Waals surface area contributed by atoms with Gasteiger partial charge in [-0.25, -0.2) is 9.07 Å². The zero-order valence-electron chi connectivity index (χ0n) is 10.6. The minimum atomic E-state index is -0.208. The summed E-state index contributed by atoms with van der Waals surface area (Å²) in [6, 6.07) is 5.20. The van der Waals surface area contributed by atoms with Gasteiger partial charge in [0.25, 0.3) is 0 Å². The van der Waals surface area contributed by atoms with E-state index in [2.05, 4.69) is 15.4 Å². The standard InChI is InChI=1S/C13H15FN4O/c1-8-2-3-9(6-10(8)14)11-4-5-15-13-16-12(7-19)17-18(11)13/h2-3,6,11,19H,4-5,7H2,1H3,(H,15,16,17). The lowest BCUT2D eigenvalue weighted by Gasteiger charge is -2.24. The first kappa shape index (κ1) is 12.1. The molecule has 0 fully saturated rings. The summed E-state index contributed by atoms with van der Waals surface area (Å²) in [5, 5.41) is 16.5. The molecule has 1 aliphatic rings. The van der Waals surface area contributed by atoms with Crippen LogP contribution in [0.5, 0.6) is 0 Å². The highest BCUT2D eigenvalue weighted by molar-refractivity contribution is 5.34. The lowest BCUT2D eigenvalue weighted by atomic mass is 10.0. The van der Waals surface area contributed by atoms with Crippen LogP contribution < -0.4 is 5.32 Å². The molecular formula is C13H15FN4O. The van der Waals surface area contributed by atoms with Crippen molar-refractivity contribution in [2.24, 2.45) is 0 Å². The fourth-order valence-corrected chi connectivity index (χ4v) is 2.34. The van der Waals surface area contributed by atoms with Gasteiger partial charge in [-0.15, -0.1) is 0 Å². The predicted octanol–water partition coefficient (Wildman–Crippen LogP) is 1.62. The van der Waals surface area contributed by atoms with Crippen molar-refractivity contribution in [3.05, 3.63) is 41.0 Å². The van der Waals surface area contributed by atoms with Crippen molar-refractivity contribution < 1.29 is 9.50 Å². The van der Waals surface area contributed by atoms with Crippen molar-refractivity contribution in [1.82, 2.24) is 14.8 Å². The Morgan fingerprint density at radius 2 is 2.37 bits per heavy atom. The number of aromatic nitrogens is 3. The summed E-state index contributed by atoms with van der Waals surface area (Å²) in [5.41, 5.74) is 1.51. The van der Waals surface area contributed by atoms with Crippen LogP contribution in [0.3, 0.4) is 0 Å². The normalized spacial score (nSPS) is 17.9. The second-order valence-electron chi connectivity index (χ2n) is 4.69. The quantitative estimate of drug-likeness (QED) is 0.863. The molecule has 0 saturated heterocycles. The molecule has 2 heterocycles. The van der Waals surface area contributed by atoms with Crippen LogP contribution in [-0.2, 0) is 6.61 Å². The van der Waals surface area contributed by atoms with E-state index in [4.69, 9.17) is 5.11 Å². The van der Waals surface area contributed by atoms with E-state index in [9.17, 15) is 4.39 Å². The van der Waals surface area contributed by atoms with Gasteiger partial charge in [-0.2, -0.15) is 10.1 Å². The Bertz CT molecular complexity index is 611. The summed E-state index contributed by atoms with van der Waals surface area (Å²) in [5.74, 6) is 0.795. The van der Waals surface area contributed by atoms with Crippen LogP contribution in [0.2, 0.25) is 0 Å². The van der Waals surface area contributed by atoms with E-state index in [-0.39, 0.29) is 18.5 Å². The number of halogens is 1. The summed E-state index contributed by atoms with van der Waals surface area (Å²) in [7, 11) is 0.